The first-order valence-corrected chi connectivity index (χ1v) is 36.4. The third-order valence-corrected chi connectivity index (χ3v) is 18.1. The van der Waals surface area contributed by atoms with Gasteiger partial charge in [-0.25, -0.2) is 0 Å². The number of allylic oxidation sites excluding steroid dienone is 7. The zero-order chi connectivity index (χ0) is 66.1. The maximum Gasteiger partial charge on any atom is 0.220 e. The number of amides is 1. The Bertz CT molecular complexity index is 1840. The molecule has 1 amide bonds. The van der Waals surface area contributed by atoms with Crippen molar-refractivity contribution in [3.8, 4) is 0 Å². The molecule has 0 aliphatic carbocycles. The van der Waals surface area contributed by atoms with E-state index in [0.29, 0.717) is 6.42 Å². The van der Waals surface area contributed by atoms with E-state index < -0.39 is 124 Å². The van der Waals surface area contributed by atoms with Crippen molar-refractivity contribution in [3.63, 3.8) is 0 Å². The monoisotopic (exact) mass is 1300 g/mol. The predicted molar refractivity (Wildman–Crippen MR) is 356 cm³/mol. The number of hydrogen-bond donors (Lipinski definition) is 12. The first-order chi connectivity index (χ1) is 44.3. The molecule has 0 saturated carbocycles. The van der Waals surface area contributed by atoms with Crippen LogP contribution in [0, 0.1) is 0 Å². The van der Waals surface area contributed by atoms with Gasteiger partial charge in [-0.15, -0.1) is 0 Å². The van der Waals surface area contributed by atoms with Crippen LogP contribution in [0.5, 0.6) is 0 Å². The summed E-state index contributed by atoms with van der Waals surface area (Å²) in [5, 5.41) is 120. The molecular formula is C72H131NO18. The van der Waals surface area contributed by atoms with E-state index in [0.717, 1.165) is 57.8 Å². The van der Waals surface area contributed by atoms with Gasteiger partial charge in [0.15, 0.2) is 18.9 Å². The van der Waals surface area contributed by atoms with E-state index in [1.807, 2.05) is 6.08 Å². The van der Waals surface area contributed by atoms with Crippen LogP contribution in [0.1, 0.15) is 271 Å². The van der Waals surface area contributed by atoms with E-state index in [2.05, 4.69) is 55.6 Å². The molecule has 0 aromatic heterocycles. The van der Waals surface area contributed by atoms with E-state index in [1.165, 1.54) is 186 Å². The zero-order valence-corrected chi connectivity index (χ0v) is 56.3. The highest BCUT2D eigenvalue weighted by molar-refractivity contribution is 5.76. The third-order valence-electron chi connectivity index (χ3n) is 18.1. The Balaban J connectivity index is 1.31. The van der Waals surface area contributed by atoms with Gasteiger partial charge in [0.1, 0.15) is 73.2 Å². The molecule has 3 fully saturated rings. The number of ether oxygens (including phenoxy) is 6. The predicted octanol–water partition coefficient (Wildman–Crippen LogP) is 10.2. The molecule has 17 unspecified atom stereocenters. The van der Waals surface area contributed by atoms with Gasteiger partial charge in [0.05, 0.1) is 38.6 Å². The van der Waals surface area contributed by atoms with E-state index >= 15 is 0 Å². The second-order valence-electron chi connectivity index (χ2n) is 26.1. The highest BCUT2D eigenvalue weighted by atomic mass is 16.8. The third kappa shape index (κ3) is 35.5. The number of aliphatic hydroxyl groups is 11. The van der Waals surface area contributed by atoms with Gasteiger partial charge in [0.2, 0.25) is 5.91 Å². The highest BCUT2D eigenvalue weighted by Crippen LogP contribution is 2.33. The molecule has 3 aliphatic rings. The maximum absolute atomic E-state index is 13.4. The summed E-state index contributed by atoms with van der Waals surface area (Å²) in [5.74, 6) is -0.274. The Kier molecular flexibility index (Phi) is 49.1. The van der Waals surface area contributed by atoms with Crippen molar-refractivity contribution in [3.05, 3.63) is 48.6 Å². The molecule has 19 nitrogen and oxygen atoms in total. The maximum atomic E-state index is 13.4. The molecule has 3 heterocycles. The average molecular weight is 1300 g/mol. The molecule has 91 heavy (non-hydrogen) atoms. The van der Waals surface area contributed by atoms with Gasteiger partial charge >= 0.3 is 0 Å². The molecule has 3 saturated heterocycles. The molecular weight excluding hydrogens is 1170 g/mol. The number of rotatable bonds is 56. The topological polar surface area (TPSA) is 307 Å². The van der Waals surface area contributed by atoms with Crippen LogP contribution in [0.15, 0.2) is 48.6 Å². The molecule has 0 aromatic carbocycles. The normalized spacial score (nSPS) is 28.1. The lowest BCUT2D eigenvalue weighted by Gasteiger charge is -2.48. The molecule has 0 radical (unpaired) electrons. The van der Waals surface area contributed by atoms with Crippen molar-refractivity contribution < 1.29 is 89.4 Å². The van der Waals surface area contributed by atoms with Gasteiger partial charge in [0, 0.05) is 6.42 Å². The Morgan fingerprint density at radius 3 is 1.13 bits per heavy atom. The first-order valence-electron chi connectivity index (χ1n) is 36.4. The van der Waals surface area contributed by atoms with Gasteiger partial charge in [-0.3, -0.25) is 4.79 Å². The molecule has 17 atom stereocenters. The fraction of sp³-hybridized carbons (Fsp3) is 0.875. The molecule has 532 valence electrons. The second kappa shape index (κ2) is 53.8. The number of hydrogen-bond acceptors (Lipinski definition) is 18. The molecule has 19 heteroatoms. The Labute approximate surface area is 548 Å². The van der Waals surface area contributed by atoms with Gasteiger partial charge in [0.25, 0.3) is 0 Å². The molecule has 0 spiro atoms. The van der Waals surface area contributed by atoms with Crippen LogP contribution < -0.4 is 5.32 Å². The van der Waals surface area contributed by atoms with Crippen LogP contribution in [-0.4, -0.2) is 193 Å². The summed E-state index contributed by atoms with van der Waals surface area (Å²) in [5.41, 5.74) is 0. The summed E-state index contributed by atoms with van der Waals surface area (Å²) in [4.78, 5) is 13.4. The Morgan fingerprint density at radius 1 is 0.396 bits per heavy atom. The fourth-order valence-corrected chi connectivity index (χ4v) is 12.2. The van der Waals surface area contributed by atoms with Gasteiger partial charge < -0.3 is 89.9 Å². The van der Waals surface area contributed by atoms with Crippen LogP contribution in [0.3, 0.4) is 0 Å². The summed E-state index contributed by atoms with van der Waals surface area (Å²) in [6.45, 7) is 1.71. The summed E-state index contributed by atoms with van der Waals surface area (Å²) in [6, 6.07) is -0.971. The second-order valence-corrected chi connectivity index (χ2v) is 26.1. The van der Waals surface area contributed by atoms with E-state index in [9.17, 15) is 61.0 Å². The van der Waals surface area contributed by atoms with Crippen molar-refractivity contribution >= 4 is 5.91 Å². The average Bonchev–Trinajstić information content (AvgIpc) is 1.05. The first kappa shape index (κ1) is 83.0. The highest BCUT2D eigenvalue weighted by Gasteiger charge is 2.53. The van der Waals surface area contributed by atoms with Crippen molar-refractivity contribution in [1.29, 1.82) is 0 Å². The lowest BCUT2D eigenvalue weighted by atomic mass is 9.96. The van der Waals surface area contributed by atoms with Crippen molar-refractivity contribution in [2.75, 3.05) is 26.4 Å². The van der Waals surface area contributed by atoms with E-state index in [4.69, 9.17) is 28.4 Å². The molecule has 3 aliphatic heterocycles. The SMILES string of the molecule is CCCCCCC/C=C\C/C=C\C/C=C\CCCCCCCCCCCCCCCCCCCCCCC(=O)NC(COC1OC(CO)C(OC2OC(CO)C(OC3OC(CO)C(O)C(O)C3O)C(O)C2O)C(O)C1O)C(O)/C=C/CCCCCCCCCCC. The summed E-state index contributed by atoms with van der Waals surface area (Å²) in [7, 11) is 0. The smallest absolute Gasteiger partial charge is 0.220 e. The number of carbonyl (C=O) groups is 1. The molecule has 0 aromatic rings. The van der Waals surface area contributed by atoms with E-state index in [1.54, 1.807) is 6.08 Å². The minimum Gasteiger partial charge on any atom is -0.394 e. The minimum atomic E-state index is -1.98. The van der Waals surface area contributed by atoms with Crippen LogP contribution >= 0.6 is 0 Å². The molecule has 3 rings (SSSR count). The number of carbonyl (C=O) groups excluding carboxylic acids is 1. The Morgan fingerprint density at radius 2 is 0.725 bits per heavy atom. The summed E-state index contributed by atoms with van der Waals surface area (Å²) in [6.07, 6.45) is 38.4. The van der Waals surface area contributed by atoms with Crippen LogP contribution in [-0.2, 0) is 33.2 Å². The molecule has 12 N–H and O–H groups in total. The van der Waals surface area contributed by atoms with Gasteiger partial charge in [-0.1, -0.05) is 255 Å². The van der Waals surface area contributed by atoms with Gasteiger partial charge in [-0.05, 0) is 57.8 Å². The number of unbranched alkanes of at least 4 members (excludes halogenated alkanes) is 34. The summed E-state index contributed by atoms with van der Waals surface area (Å²) >= 11 is 0. The fourth-order valence-electron chi connectivity index (χ4n) is 12.2. The standard InChI is InChI=1S/C72H131NO18/c1-3-5-7-9-11-13-15-16-17-18-19-20-21-22-23-24-25-26-27-28-29-30-31-32-33-34-35-36-37-38-40-42-44-46-48-50-60(78)73-55(56(77)49-47-45-43-41-39-14-12-10-8-6-4-2)54-86-70-66(84)63(81)68(58(52-75)88-70)91-72-67(85)64(82)69(59(53-76)89-72)90-71-65(83)62(80)61(79)57(51-74)87-71/h15-16,18-19,21-22,47,49,55-59,61-72,74-77,79-85H,3-14,17,20,23-46,48,50-54H2,1-2H3,(H,73,78)/b16-15-,19-18-,22-21-,49-47+. The largest absolute Gasteiger partial charge is 0.394 e. The lowest BCUT2D eigenvalue weighted by Crippen LogP contribution is -2.66. The number of nitrogens with one attached hydrogen (secondary N) is 1. The van der Waals surface area contributed by atoms with Crippen molar-refractivity contribution in [2.45, 2.75) is 375 Å². The lowest BCUT2D eigenvalue weighted by molar-refractivity contribution is -0.379. The summed E-state index contributed by atoms with van der Waals surface area (Å²) < 4.78 is 34.3. The minimum absolute atomic E-state index is 0.245. The van der Waals surface area contributed by atoms with Crippen molar-refractivity contribution in [1.82, 2.24) is 5.32 Å². The zero-order valence-electron chi connectivity index (χ0n) is 56.3. The van der Waals surface area contributed by atoms with Crippen molar-refractivity contribution in [2.24, 2.45) is 0 Å². The Hall–Kier alpha value is -2.25. The van der Waals surface area contributed by atoms with E-state index in [-0.39, 0.29) is 18.9 Å². The number of aliphatic hydroxyl groups excluding tert-OH is 11. The quantitative estimate of drug-likeness (QED) is 0.0199. The van der Waals surface area contributed by atoms with Gasteiger partial charge in [-0.2, -0.15) is 0 Å². The van der Waals surface area contributed by atoms with Crippen LogP contribution in [0.4, 0.5) is 0 Å². The molecule has 0 bridgehead atoms. The van der Waals surface area contributed by atoms with Crippen LogP contribution in [0.25, 0.3) is 0 Å². The van der Waals surface area contributed by atoms with Crippen LogP contribution in [0.2, 0.25) is 0 Å².